The molecule has 0 aromatic heterocycles. The molecule has 1 saturated heterocycles. The van der Waals surface area contributed by atoms with Gasteiger partial charge in [0.15, 0.2) is 6.61 Å². The molecule has 1 unspecified atom stereocenters. The number of nitrogens with one attached hydrogen (secondary N) is 1. The molecule has 25 heavy (non-hydrogen) atoms. The van der Waals surface area contributed by atoms with Gasteiger partial charge in [-0.05, 0) is 43.0 Å². The molecule has 0 spiro atoms. The van der Waals surface area contributed by atoms with E-state index in [2.05, 4.69) is 34.5 Å². The van der Waals surface area contributed by atoms with Gasteiger partial charge in [-0.25, -0.2) is 0 Å². The normalized spacial score (nSPS) is 17.4. The highest BCUT2D eigenvalue weighted by molar-refractivity contribution is 5.78. The maximum Gasteiger partial charge on any atom is 0.258 e. The number of ether oxygens (including phenoxy) is 1. The third kappa shape index (κ3) is 4.83. The van der Waals surface area contributed by atoms with E-state index in [0.29, 0.717) is 0 Å². The Labute approximate surface area is 149 Å². The van der Waals surface area contributed by atoms with Crippen LogP contribution < -0.4 is 10.1 Å². The second-order valence-electron chi connectivity index (χ2n) is 6.76. The summed E-state index contributed by atoms with van der Waals surface area (Å²) < 4.78 is 5.69. The molecular formula is C21H26N2O2. The zero-order valence-electron chi connectivity index (χ0n) is 15.0. The van der Waals surface area contributed by atoms with Gasteiger partial charge < -0.3 is 10.1 Å². The van der Waals surface area contributed by atoms with Crippen LogP contribution in [0, 0.1) is 13.8 Å². The number of amides is 1. The summed E-state index contributed by atoms with van der Waals surface area (Å²) in [5.41, 5.74) is 3.57. The number of hydrogen-bond donors (Lipinski definition) is 1. The van der Waals surface area contributed by atoms with E-state index in [4.69, 9.17) is 4.74 Å². The average Bonchev–Trinajstić information content (AvgIpc) is 3.04. The minimum Gasteiger partial charge on any atom is -0.483 e. The number of rotatable bonds is 6. The number of benzene rings is 2. The van der Waals surface area contributed by atoms with Crippen LogP contribution in [0.15, 0.2) is 48.5 Å². The van der Waals surface area contributed by atoms with Crippen molar-refractivity contribution in [2.24, 2.45) is 0 Å². The van der Waals surface area contributed by atoms with Gasteiger partial charge >= 0.3 is 0 Å². The first-order chi connectivity index (χ1) is 12.1. The van der Waals surface area contributed by atoms with Crippen LogP contribution in [0.25, 0.3) is 0 Å². The highest BCUT2D eigenvalue weighted by atomic mass is 16.5. The van der Waals surface area contributed by atoms with Crippen molar-refractivity contribution in [3.8, 4) is 5.75 Å². The van der Waals surface area contributed by atoms with E-state index in [1.807, 2.05) is 38.1 Å². The lowest BCUT2D eigenvalue weighted by molar-refractivity contribution is -0.123. The molecule has 0 aliphatic carbocycles. The predicted molar refractivity (Wildman–Crippen MR) is 99.7 cm³/mol. The van der Waals surface area contributed by atoms with Gasteiger partial charge in [0.25, 0.3) is 5.91 Å². The zero-order valence-corrected chi connectivity index (χ0v) is 15.0. The first kappa shape index (κ1) is 17.5. The second kappa shape index (κ2) is 8.17. The molecule has 132 valence electrons. The van der Waals surface area contributed by atoms with Crippen molar-refractivity contribution in [2.75, 3.05) is 19.7 Å². The highest BCUT2D eigenvalue weighted by Crippen LogP contribution is 2.20. The fourth-order valence-corrected chi connectivity index (χ4v) is 3.23. The number of carbonyl (C=O) groups excluding carboxylic acids is 1. The summed E-state index contributed by atoms with van der Waals surface area (Å²) in [6, 6.07) is 16.6. The Morgan fingerprint density at radius 3 is 2.76 bits per heavy atom. The number of carbonyl (C=O) groups is 1. The Bertz CT molecular complexity index is 715. The van der Waals surface area contributed by atoms with Crippen LogP contribution in [0.1, 0.15) is 23.1 Å². The molecule has 1 heterocycles. The Morgan fingerprint density at radius 2 is 1.96 bits per heavy atom. The molecule has 1 atom stereocenters. The van der Waals surface area contributed by atoms with Crippen LogP contribution in [-0.2, 0) is 11.3 Å². The third-order valence-electron chi connectivity index (χ3n) is 4.80. The minimum absolute atomic E-state index is 0.0486. The van der Waals surface area contributed by atoms with Crippen LogP contribution in [0.5, 0.6) is 5.75 Å². The molecule has 4 heteroatoms. The van der Waals surface area contributed by atoms with Crippen molar-refractivity contribution >= 4 is 5.91 Å². The minimum atomic E-state index is -0.0486. The molecule has 2 aromatic rings. The van der Waals surface area contributed by atoms with Gasteiger partial charge in [0.05, 0.1) is 0 Å². The third-order valence-corrected chi connectivity index (χ3v) is 4.80. The van der Waals surface area contributed by atoms with Crippen LogP contribution in [0.2, 0.25) is 0 Å². The van der Waals surface area contributed by atoms with Gasteiger partial charge in [0.1, 0.15) is 5.75 Å². The van der Waals surface area contributed by atoms with Crippen molar-refractivity contribution in [1.29, 1.82) is 0 Å². The molecule has 4 nitrogen and oxygen atoms in total. The van der Waals surface area contributed by atoms with Gasteiger partial charge in [0, 0.05) is 25.7 Å². The lowest BCUT2D eigenvalue weighted by Gasteiger charge is -2.17. The Balaban J connectivity index is 1.43. The number of likely N-dealkylation sites (tertiary alicyclic amines) is 1. The fraction of sp³-hybridized carbons (Fsp3) is 0.381. The van der Waals surface area contributed by atoms with E-state index in [-0.39, 0.29) is 18.6 Å². The Kier molecular flexibility index (Phi) is 5.71. The van der Waals surface area contributed by atoms with Crippen molar-refractivity contribution in [2.45, 2.75) is 32.9 Å². The number of aryl methyl sites for hydroxylation is 1. The summed E-state index contributed by atoms with van der Waals surface area (Å²) in [4.78, 5) is 14.6. The number of nitrogens with zero attached hydrogens (tertiary/aromatic N) is 1. The zero-order chi connectivity index (χ0) is 17.6. The summed E-state index contributed by atoms with van der Waals surface area (Å²) in [6.07, 6.45) is 0.988. The molecule has 1 N–H and O–H groups in total. The molecule has 1 aliphatic rings. The Hall–Kier alpha value is -2.33. The quantitative estimate of drug-likeness (QED) is 0.880. The summed E-state index contributed by atoms with van der Waals surface area (Å²) in [5.74, 6) is 0.736. The van der Waals surface area contributed by atoms with E-state index < -0.39 is 0 Å². The topological polar surface area (TPSA) is 41.6 Å². The lowest BCUT2D eigenvalue weighted by Crippen LogP contribution is -2.39. The summed E-state index contributed by atoms with van der Waals surface area (Å²) in [5, 5.41) is 3.09. The van der Waals surface area contributed by atoms with Crippen LogP contribution in [-0.4, -0.2) is 36.5 Å². The molecule has 2 aromatic carbocycles. The monoisotopic (exact) mass is 338 g/mol. The summed E-state index contributed by atoms with van der Waals surface area (Å²) in [7, 11) is 0. The van der Waals surface area contributed by atoms with Crippen molar-refractivity contribution in [3.05, 3.63) is 65.2 Å². The van der Waals surface area contributed by atoms with E-state index in [1.54, 1.807) is 0 Å². The lowest BCUT2D eigenvalue weighted by atomic mass is 10.1. The smallest absolute Gasteiger partial charge is 0.258 e. The molecule has 0 saturated carbocycles. The molecule has 1 fully saturated rings. The summed E-state index contributed by atoms with van der Waals surface area (Å²) >= 11 is 0. The van der Waals surface area contributed by atoms with Crippen molar-refractivity contribution in [3.63, 3.8) is 0 Å². The van der Waals surface area contributed by atoms with E-state index in [9.17, 15) is 4.79 Å². The molecule has 1 amide bonds. The van der Waals surface area contributed by atoms with Crippen molar-refractivity contribution < 1.29 is 9.53 Å². The largest absolute Gasteiger partial charge is 0.483 e. The Morgan fingerprint density at radius 1 is 1.16 bits per heavy atom. The fourth-order valence-electron chi connectivity index (χ4n) is 3.23. The van der Waals surface area contributed by atoms with Crippen LogP contribution >= 0.6 is 0 Å². The van der Waals surface area contributed by atoms with Gasteiger partial charge in [-0.2, -0.15) is 0 Å². The van der Waals surface area contributed by atoms with E-state index in [1.165, 1.54) is 11.1 Å². The van der Waals surface area contributed by atoms with Gasteiger partial charge in [0.2, 0.25) is 0 Å². The van der Waals surface area contributed by atoms with Crippen LogP contribution in [0.4, 0.5) is 0 Å². The summed E-state index contributed by atoms with van der Waals surface area (Å²) in [6.45, 7) is 6.97. The van der Waals surface area contributed by atoms with Crippen LogP contribution in [0.3, 0.4) is 0 Å². The molecule has 0 radical (unpaired) electrons. The molecule has 0 bridgehead atoms. The standard InChI is InChI=1S/C21H26N2O2/c1-16-7-6-10-20(17(16)2)25-15-21(24)22-19-11-12-23(14-19)13-18-8-4-3-5-9-18/h3-10,19H,11-15H2,1-2H3,(H,22,24). The average molecular weight is 338 g/mol. The first-order valence-electron chi connectivity index (χ1n) is 8.86. The van der Waals surface area contributed by atoms with E-state index >= 15 is 0 Å². The predicted octanol–water partition coefficient (Wildman–Crippen LogP) is 3.07. The van der Waals surface area contributed by atoms with Gasteiger partial charge in [-0.1, -0.05) is 42.5 Å². The van der Waals surface area contributed by atoms with Crippen molar-refractivity contribution in [1.82, 2.24) is 10.2 Å². The molecule has 1 aliphatic heterocycles. The number of hydrogen-bond acceptors (Lipinski definition) is 3. The molecule has 3 rings (SSSR count). The highest BCUT2D eigenvalue weighted by Gasteiger charge is 2.23. The van der Waals surface area contributed by atoms with Gasteiger partial charge in [-0.15, -0.1) is 0 Å². The van der Waals surface area contributed by atoms with E-state index in [0.717, 1.165) is 37.4 Å². The maximum absolute atomic E-state index is 12.2. The SMILES string of the molecule is Cc1cccc(OCC(=O)NC2CCN(Cc3ccccc3)C2)c1C. The first-order valence-corrected chi connectivity index (χ1v) is 8.86. The molecular weight excluding hydrogens is 312 g/mol. The van der Waals surface area contributed by atoms with Gasteiger partial charge in [-0.3, -0.25) is 9.69 Å². The second-order valence-corrected chi connectivity index (χ2v) is 6.76. The maximum atomic E-state index is 12.2.